The van der Waals surface area contributed by atoms with Crippen molar-refractivity contribution in [3.05, 3.63) is 65.2 Å². The van der Waals surface area contributed by atoms with Crippen molar-refractivity contribution >= 4 is 21.7 Å². The minimum atomic E-state index is -0.343. The molecular formula is C16H13BrO2. The summed E-state index contributed by atoms with van der Waals surface area (Å²) in [5.74, 6) is 0.749. The molecule has 2 atom stereocenters. The van der Waals surface area contributed by atoms with Crippen LogP contribution < -0.4 is 4.74 Å². The minimum absolute atomic E-state index is 0.0822. The number of fused-ring (bicyclic) bond motifs is 1. The van der Waals surface area contributed by atoms with E-state index in [9.17, 15) is 4.79 Å². The van der Waals surface area contributed by atoms with Crippen LogP contribution in [0.2, 0.25) is 0 Å². The summed E-state index contributed by atoms with van der Waals surface area (Å²) < 4.78 is 5.99. The fourth-order valence-corrected chi connectivity index (χ4v) is 2.96. The summed E-state index contributed by atoms with van der Waals surface area (Å²) in [4.78, 5) is 12.1. The van der Waals surface area contributed by atoms with Gasteiger partial charge < -0.3 is 4.74 Å². The number of ether oxygens (including phenoxy) is 1. The fraction of sp³-hybridized carbons (Fsp3) is 0.188. The van der Waals surface area contributed by atoms with Crippen LogP contribution in [0.25, 0.3) is 0 Å². The lowest BCUT2D eigenvalue weighted by molar-refractivity contribution is 0.0872. The Morgan fingerprint density at radius 1 is 1.11 bits per heavy atom. The average molecular weight is 317 g/mol. The third kappa shape index (κ3) is 2.19. The topological polar surface area (TPSA) is 26.3 Å². The van der Waals surface area contributed by atoms with Gasteiger partial charge in [0.15, 0.2) is 5.78 Å². The van der Waals surface area contributed by atoms with Gasteiger partial charge in [0.2, 0.25) is 0 Å². The van der Waals surface area contributed by atoms with Crippen molar-refractivity contribution < 1.29 is 9.53 Å². The fourth-order valence-electron chi connectivity index (χ4n) is 2.30. The summed E-state index contributed by atoms with van der Waals surface area (Å²) >= 11 is 3.48. The molecule has 0 saturated carbocycles. The minimum Gasteiger partial charge on any atom is -0.483 e. The molecule has 2 aromatic carbocycles. The van der Waals surface area contributed by atoms with Gasteiger partial charge in [-0.3, -0.25) is 4.79 Å². The number of carbonyl (C=O) groups excluding carboxylic acids is 1. The lowest BCUT2D eigenvalue weighted by Crippen LogP contribution is -2.32. The van der Waals surface area contributed by atoms with E-state index in [4.69, 9.17) is 4.74 Å². The Morgan fingerprint density at radius 2 is 1.84 bits per heavy atom. The predicted molar refractivity (Wildman–Crippen MR) is 78.0 cm³/mol. The molecule has 2 nitrogen and oxygen atoms in total. The van der Waals surface area contributed by atoms with Crippen molar-refractivity contribution in [3.8, 4) is 5.75 Å². The van der Waals surface area contributed by atoms with Crippen LogP contribution in [0.3, 0.4) is 0 Å². The summed E-state index contributed by atoms with van der Waals surface area (Å²) in [7, 11) is 0. The Hall–Kier alpha value is -1.61. The number of halogens is 1. The lowest BCUT2D eigenvalue weighted by Gasteiger charge is -2.29. The number of hydrogen-bond donors (Lipinski definition) is 0. The largest absolute Gasteiger partial charge is 0.483 e. The third-order valence-corrected chi connectivity index (χ3v) is 4.19. The number of rotatable bonds is 1. The number of Topliss-reactive ketones (excluding diaryl/α,β-unsaturated/α-hetero) is 1. The Labute approximate surface area is 120 Å². The van der Waals surface area contributed by atoms with Crippen molar-refractivity contribution in [3.63, 3.8) is 0 Å². The molecule has 19 heavy (non-hydrogen) atoms. The van der Waals surface area contributed by atoms with E-state index >= 15 is 0 Å². The first-order chi connectivity index (χ1) is 9.16. The zero-order chi connectivity index (χ0) is 13.4. The molecule has 0 radical (unpaired) electrons. The molecule has 0 spiro atoms. The molecule has 0 N–H and O–H groups in total. The standard InChI is InChI=1S/C16H13BrO2/c1-10-7-8-13-12(9-10)15(18)14(17)16(19-13)11-5-3-2-4-6-11/h2-9,14,16H,1H3/t14-,16+/m0/s1. The normalized spacial score (nSPS) is 21.7. The Morgan fingerprint density at radius 3 is 2.58 bits per heavy atom. The molecule has 0 saturated heterocycles. The summed E-state index contributed by atoms with van der Waals surface area (Å²) in [6.45, 7) is 1.97. The maximum absolute atomic E-state index is 12.4. The molecule has 96 valence electrons. The highest BCUT2D eigenvalue weighted by Crippen LogP contribution is 2.38. The smallest absolute Gasteiger partial charge is 0.184 e. The van der Waals surface area contributed by atoms with Crippen LogP contribution in [-0.4, -0.2) is 10.6 Å². The summed E-state index contributed by atoms with van der Waals surface area (Å²) in [6.07, 6.45) is -0.274. The van der Waals surface area contributed by atoms with Crippen LogP contribution in [0.5, 0.6) is 5.75 Å². The first-order valence-corrected chi connectivity index (χ1v) is 7.09. The zero-order valence-electron chi connectivity index (χ0n) is 10.5. The molecule has 0 unspecified atom stereocenters. The highest BCUT2D eigenvalue weighted by molar-refractivity contribution is 9.10. The van der Waals surface area contributed by atoms with Gasteiger partial charge in [0.05, 0.1) is 5.56 Å². The maximum atomic E-state index is 12.4. The van der Waals surface area contributed by atoms with Crippen molar-refractivity contribution in [1.82, 2.24) is 0 Å². The first-order valence-electron chi connectivity index (χ1n) is 6.17. The molecule has 1 aliphatic rings. The number of alkyl halides is 1. The van der Waals surface area contributed by atoms with Gasteiger partial charge in [0, 0.05) is 0 Å². The van der Waals surface area contributed by atoms with Crippen LogP contribution in [0.4, 0.5) is 0 Å². The molecule has 3 rings (SSSR count). The second-order valence-corrected chi connectivity index (χ2v) is 5.70. The van der Waals surface area contributed by atoms with Crippen molar-refractivity contribution in [2.45, 2.75) is 17.9 Å². The van der Waals surface area contributed by atoms with Crippen molar-refractivity contribution in [1.29, 1.82) is 0 Å². The molecule has 0 fully saturated rings. The molecule has 1 aliphatic heterocycles. The van der Waals surface area contributed by atoms with E-state index in [2.05, 4.69) is 15.9 Å². The van der Waals surface area contributed by atoms with Gasteiger partial charge in [-0.15, -0.1) is 0 Å². The molecule has 3 heteroatoms. The van der Waals surface area contributed by atoms with Crippen molar-refractivity contribution in [2.24, 2.45) is 0 Å². The Balaban J connectivity index is 2.04. The van der Waals surface area contributed by atoms with Gasteiger partial charge in [0.25, 0.3) is 0 Å². The van der Waals surface area contributed by atoms with E-state index in [0.717, 1.165) is 11.1 Å². The van der Waals surface area contributed by atoms with Gasteiger partial charge in [-0.1, -0.05) is 57.9 Å². The van der Waals surface area contributed by atoms with Gasteiger partial charge in [-0.25, -0.2) is 0 Å². The number of aryl methyl sites for hydroxylation is 1. The first kappa shape index (κ1) is 12.4. The highest BCUT2D eigenvalue weighted by Gasteiger charge is 2.36. The summed E-state index contributed by atoms with van der Waals surface area (Å²) in [6, 6.07) is 15.5. The average Bonchev–Trinajstić information content (AvgIpc) is 2.44. The van der Waals surface area contributed by atoms with E-state index in [0.29, 0.717) is 11.3 Å². The second-order valence-electron chi connectivity index (χ2n) is 4.71. The molecule has 0 amide bonds. The highest BCUT2D eigenvalue weighted by atomic mass is 79.9. The van der Waals surface area contributed by atoms with Crippen LogP contribution >= 0.6 is 15.9 Å². The monoisotopic (exact) mass is 316 g/mol. The zero-order valence-corrected chi connectivity index (χ0v) is 12.1. The van der Waals surface area contributed by atoms with Crippen LogP contribution in [0.15, 0.2) is 48.5 Å². The Bertz CT molecular complexity index is 622. The van der Waals surface area contributed by atoms with Gasteiger partial charge in [0.1, 0.15) is 16.7 Å². The quantitative estimate of drug-likeness (QED) is 0.741. The summed E-state index contributed by atoms with van der Waals surface area (Å²) in [5, 5.41) is 0. The molecule has 0 bridgehead atoms. The number of hydrogen-bond acceptors (Lipinski definition) is 2. The third-order valence-electron chi connectivity index (χ3n) is 3.30. The Kier molecular flexibility index (Phi) is 3.15. The van der Waals surface area contributed by atoms with Crippen LogP contribution in [0, 0.1) is 6.92 Å². The molecular weight excluding hydrogens is 304 g/mol. The van der Waals surface area contributed by atoms with Crippen LogP contribution in [0.1, 0.15) is 27.6 Å². The number of carbonyl (C=O) groups is 1. The second kappa shape index (κ2) is 4.82. The predicted octanol–water partition coefficient (Wildman–Crippen LogP) is 4.07. The maximum Gasteiger partial charge on any atom is 0.184 e. The van der Waals surface area contributed by atoms with Gasteiger partial charge in [-0.05, 0) is 24.6 Å². The van der Waals surface area contributed by atoms with Crippen LogP contribution in [-0.2, 0) is 0 Å². The lowest BCUT2D eigenvalue weighted by atomic mass is 9.95. The summed E-state index contributed by atoms with van der Waals surface area (Å²) in [5.41, 5.74) is 2.73. The van der Waals surface area contributed by atoms with E-state index < -0.39 is 0 Å². The molecule has 0 aliphatic carbocycles. The molecule has 1 heterocycles. The van der Waals surface area contributed by atoms with E-state index in [1.165, 1.54) is 0 Å². The molecule has 0 aromatic heterocycles. The number of ketones is 1. The van der Waals surface area contributed by atoms with E-state index in [-0.39, 0.29) is 16.7 Å². The molecule has 2 aromatic rings. The van der Waals surface area contributed by atoms with Crippen molar-refractivity contribution in [2.75, 3.05) is 0 Å². The number of benzene rings is 2. The van der Waals surface area contributed by atoms with E-state index in [1.807, 2.05) is 55.5 Å². The SMILES string of the molecule is Cc1ccc2c(c1)C(=O)[C@H](Br)[C@@H](c1ccccc1)O2. The van der Waals surface area contributed by atoms with E-state index in [1.54, 1.807) is 0 Å². The van der Waals surface area contributed by atoms with Gasteiger partial charge >= 0.3 is 0 Å². The van der Waals surface area contributed by atoms with Gasteiger partial charge in [-0.2, -0.15) is 0 Å².